The van der Waals surface area contributed by atoms with Crippen LogP contribution in [0, 0.1) is 0 Å². The molecule has 1 aliphatic heterocycles. The maximum atomic E-state index is 5.10. The van der Waals surface area contributed by atoms with Gasteiger partial charge in [0.1, 0.15) is 0 Å². The van der Waals surface area contributed by atoms with Crippen molar-refractivity contribution in [1.82, 2.24) is 0 Å². The molecule has 0 aromatic rings. The number of ether oxygens (including phenoxy) is 1. The van der Waals surface area contributed by atoms with Gasteiger partial charge in [-0.25, -0.2) is 0 Å². The quantitative estimate of drug-likeness (QED) is 0.448. The van der Waals surface area contributed by atoms with Crippen molar-refractivity contribution in [2.24, 2.45) is 0 Å². The lowest BCUT2D eigenvalue weighted by Gasteiger charge is -2.12. The molecular formula is C6H10O. The highest BCUT2D eigenvalue weighted by Crippen LogP contribution is 2.07. The van der Waals surface area contributed by atoms with Crippen LogP contribution in [0.1, 0.15) is 19.8 Å². The van der Waals surface area contributed by atoms with Gasteiger partial charge in [0.05, 0.1) is 12.4 Å². The summed E-state index contributed by atoms with van der Waals surface area (Å²) in [4.78, 5) is 0. The fourth-order valence-corrected chi connectivity index (χ4v) is 0.657. The van der Waals surface area contributed by atoms with Gasteiger partial charge in [-0.3, -0.25) is 0 Å². The van der Waals surface area contributed by atoms with Crippen LogP contribution in [0.2, 0.25) is 0 Å². The van der Waals surface area contributed by atoms with E-state index in [0.717, 1.165) is 0 Å². The van der Waals surface area contributed by atoms with Gasteiger partial charge in [0.25, 0.3) is 0 Å². The molecule has 0 aromatic carbocycles. The van der Waals surface area contributed by atoms with Gasteiger partial charge in [0.2, 0.25) is 0 Å². The fraction of sp³-hybridized carbons (Fsp3) is 0.667. The summed E-state index contributed by atoms with van der Waals surface area (Å²) in [6.45, 7) is 2.09. The molecule has 0 amide bonds. The molecule has 0 N–H and O–H groups in total. The minimum Gasteiger partial charge on any atom is -0.499 e. The molecule has 0 fully saturated rings. The van der Waals surface area contributed by atoms with E-state index in [1.165, 1.54) is 12.8 Å². The van der Waals surface area contributed by atoms with Crippen LogP contribution in [0.5, 0.6) is 0 Å². The molecule has 1 nitrogen and oxygen atoms in total. The zero-order valence-corrected chi connectivity index (χ0v) is 4.55. The van der Waals surface area contributed by atoms with E-state index in [0.29, 0.717) is 6.10 Å². The molecule has 0 bridgehead atoms. The van der Waals surface area contributed by atoms with Crippen LogP contribution in [0.15, 0.2) is 12.3 Å². The predicted molar refractivity (Wildman–Crippen MR) is 28.9 cm³/mol. The Labute approximate surface area is 44.0 Å². The second kappa shape index (κ2) is 2.01. The third-order valence-electron chi connectivity index (χ3n) is 1.15. The summed E-state index contributed by atoms with van der Waals surface area (Å²) in [6, 6.07) is 0. The molecule has 1 aliphatic rings. The molecule has 1 rings (SSSR count). The highest BCUT2D eigenvalue weighted by atomic mass is 16.5. The van der Waals surface area contributed by atoms with Gasteiger partial charge in [-0.05, 0) is 25.8 Å². The lowest BCUT2D eigenvalue weighted by atomic mass is 10.2. The lowest BCUT2D eigenvalue weighted by molar-refractivity contribution is 0.141. The van der Waals surface area contributed by atoms with Crippen LogP contribution in [-0.2, 0) is 4.74 Å². The summed E-state index contributed by atoms with van der Waals surface area (Å²) in [5, 5.41) is 0. The monoisotopic (exact) mass is 98.1 g/mol. The lowest BCUT2D eigenvalue weighted by Crippen LogP contribution is -2.05. The number of rotatable bonds is 0. The zero-order valence-electron chi connectivity index (χ0n) is 4.55. The van der Waals surface area contributed by atoms with E-state index in [-0.39, 0.29) is 0 Å². The second-order valence-electron chi connectivity index (χ2n) is 1.90. The first-order chi connectivity index (χ1) is 3.39. The van der Waals surface area contributed by atoms with Gasteiger partial charge in [-0.15, -0.1) is 0 Å². The van der Waals surface area contributed by atoms with Crippen molar-refractivity contribution in [1.29, 1.82) is 0 Å². The molecular weight excluding hydrogens is 88.1 g/mol. The molecule has 1 atom stereocenters. The summed E-state index contributed by atoms with van der Waals surface area (Å²) in [7, 11) is 0. The first-order valence-corrected chi connectivity index (χ1v) is 2.70. The molecule has 0 saturated heterocycles. The van der Waals surface area contributed by atoms with Gasteiger partial charge in [0, 0.05) is 0 Å². The van der Waals surface area contributed by atoms with E-state index in [2.05, 4.69) is 13.0 Å². The maximum absolute atomic E-state index is 5.10. The molecule has 40 valence electrons. The van der Waals surface area contributed by atoms with Crippen molar-refractivity contribution in [3.63, 3.8) is 0 Å². The summed E-state index contributed by atoms with van der Waals surface area (Å²) < 4.78 is 5.10. The molecule has 0 radical (unpaired) electrons. The highest BCUT2D eigenvalue weighted by molar-refractivity contribution is 4.79. The van der Waals surface area contributed by atoms with Crippen LogP contribution in [0.25, 0.3) is 0 Å². The minimum absolute atomic E-state index is 0.449. The minimum atomic E-state index is 0.449. The predicted octanol–water partition coefficient (Wildman–Crippen LogP) is 1.70. The summed E-state index contributed by atoms with van der Waals surface area (Å²) >= 11 is 0. The van der Waals surface area contributed by atoms with E-state index in [4.69, 9.17) is 4.74 Å². The normalized spacial score (nSPS) is 29.6. The van der Waals surface area contributed by atoms with Crippen LogP contribution >= 0.6 is 0 Å². The van der Waals surface area contributed by atoms with E-state index in [1.54, 1.807) is 6.26 Å². The molecule has 0 aromatic heterocycles. The Morgan fingerprint density at radius 2 is 2.57 bits per heavy atom. The van der Waals surface area contributed by atoms with Crippen molar-refractivity contribution in [3.8, 4) is 0 Å². The molecule has 0 aliphatic carbocycles. The summed E-state index contributed by atoms with van der Waals surface area (Å²) in [5.74, 6) is 0. The zero-order chi connectivity index (χ0) is 5.11. The fourth-order valence-electron chi connectivity index (χ4n) is 0.657. The smallest absolute Gasteiger partial charge is 0.0953 e. The summed E-state index contributed by atoms with van der Waals surface area (Å²) in [6.07, 6.45) is 6.65. The van der Waals surface area contributed by atoms with Gasteiger partial charge in [0.15, 0.2) is 0 Å². The maximum Gasteiger partial charge on any atom is 0.0953 e. The van der Waals surface area contributed by atoms with Gasteiger partial charge < -0.3 is 4.74 Å². The van der Waals surface area contributed by atoms with Crippen molar-refractivity contribution in [2.45, 2.75) is 25.9 Å². The van der Waals surface area contributed by atoms with Crippen molar-refractivity contribution in [3.05, 3.63) is 12.3 Å². The largest absolute Gasteiger partial charge is 0.499 e. The first kappa shape index (κ1) is 4.69. The SMILES string of the molecule is CC1CCC=CO1. The first-order valence-electron chi connectivity index (χ1n) is 2.70. The number of allylic oxidation sites excluding steroid dienone is 1. The van der Waals surface area contributed by atoms with E-state index < -0.39 is 0 Å². The van der Waals surface area contributed by atoms with E-state index >= 15 is 0 Å². The Morgan fingerprint density at radius 1 is 1.71 bits per heavy atom. The average Bonchev–Trinajstić information content (AvgIpc) is 1.69. The van der Waals surface area contributed by atoms with Gasteiger partial charge in [-0.1, -0.05) is 0 Å². The summed E-state index contributed by atoms with van der Waals surface area (Å²) in [5.41, 5.74) is 0. The molecule has 0 spiro atoms. The average molecular weight is 98.1 g/mol. The van der Waals surface area contributed by atoms with Crippen LogP contribution in [0.3, 0.4) is 0 Å². The van der Waals surface area contributed by atoms with Crippen molar-refractivity contribution < 1.29 is 4.74 Å². The Bertz CT molecular complexity index is 76.2. The van der Waals surface area contributed by atoms with Gasteiger partial charge in [-0.2, -0.15) is 0 Å². The topological polar surface area (TPSA) is 9.23 Å². The van der Waals surface area contributed by atoms with Crippen LogP contribution in [0.4, 0.5) is 0 Å². The second-order valence-corrected chi connectivity index (χ2v) is 1.90. The van der Waals surface area contributed by atoms with Crippen LogP contribution < -0.4 is 0 Å². The van der Waals surface area contributed by atoms with Crippen molar-refractivity contribution >= 4 is 0 Å². The Kier molecular flexibility index (Phi) is 1.35. The third-order valence-corrected chi connectivity index (χ3v) is 1.15. The Hall–Kier alpha value is -0.460. The highest BCUT2D eigenvalue weighted by Gasteiger charge is 2.00. The molecule has 0 saturated carbocycles. The third kappa shape index (κ3) is 1.22. The van der Waals surface area contributed by atoms with E-state index in [9.17, 15) is 0 Å². The number of hydrogen-bond acceptors (Lipinski definition) is 1. The standard InChI is InChI=1S/C6H10O/c1-6-4-2-3-5-7-6/h3,5-6H,2,4H2,1H3. The molecule has 1 heterocycles. The molecule has 1 unspecified atom stereocenters. The van der Waals surface area contributed by atoms with E-state index in [1.807, 2.05) is 0 Å². The molecule has 1 heteroatoms. The van der Waals surface area contributed by atoms with Crippen LogP contribution in [-0.4, -0.2) is 6.10 Å². The number of hydrogen-bond donors (Lipinski definition) is 0. The Morgan fingerprint density at radius 3 is 2.86 bits per heavy atom. The Balaban J connectivity index is 2.32. The molecule has 7 heavy (non-hydrogen) atoms. The van der Waals surface area contributed by atoms with Crippen molar-refractivity contribution in [2.75, 3.05) is 0 Å². The van der Waals surface area contributed by atoms with Gasteiger partial charge >= 0.3 is 0 Å².